The minimum Gasteiger partial charge on any atom is -0.481 e. The number of nitrogens with one attached hydrogen (secondary N) is 1. The SMILES string of the molecule is O=C(O)CC1(CNC(=O)Cc2cccnc2)CCC1. The minimum atomic E-state index is -0.791. The third-order valence-electron chi connectivity index (χ3n) is 3.69. The van der Waals surface area contributed by atoms with E-state index in [0.717, 1.165) is 24.8 Å². The van der Waals surface area contributed by atoms with Crippen molar-refractivity contribution in [2.75, 3.05) is 6.54 Å². The number of carbonyl (C=O) groups excluding carboxylic acids is 1. The van der Waals surface area contributed by atoms with Crippen molar-refractivity contribution in [3.8, 4) is 0 Å². The number of amides is 1. The zero-order valence-electron chi connectivity index (χ0n) is 10.8. The first kappa shape index (κ1) is 13.5. The second-order valence-electron chi connectivity index (χ2n) is 5.24. The van der Waals surface area contributed by atoms with Crippen molar-refractivity contribution in [2.45, 2.75) is 32.1 Å². The van der Waals surface area contributed by atoms with Gasteiger partial charge in [-0.1, -0.05) is 12.5 Å². The van der Waals surface area contributed by atoms with Gasteiger partial charge < -0.3 is 10.4 Å². The zero-order valence-corrected chi connectivity index (χ0v) is 10.8. The van der Waals surface area contributed by atoms with E-state index < -0.39 is 5.97 Å². The molecule has 1 saturated carbocycles. The summed E-state index contributed by atoms with van der Waals surface area (Å²) in [6, 6.07) is 3.64. The largest absolute Gasteiger partial charge is 0.481 e. The first-order valence-electron chi connectivity index (χ1n) is 6.47. The van der Waals surface area contributed by atoms with Crippen LogP contribution in [0, 0.1) is 5.41 Å². The Balaban J connectivity index is 1.81. The van der Waals surface area contributed by atoms with Crippen LogP contribution < -0.4 is 5.32 Å². The molecule has 1 heterocycles. The predicted octanol–water partition coefficient (Wildman–Crippen LogP) is 1.39. The maximum Gasteiger partial charge on any atom is 0.303 e. The number of aliphatic carboxylic acids is 1. The third kappa shape index (κ3) is 3.77. The Hall–Kier alpha value is -1.91. The first-order valence-corrected chi connectivity index (χ1v) is 6.47. The Morgan fingerprint density at radius 2 is 2.21 bits per heavy atom. The van der Waals surface area contributed by atoms with E-state index in [4.69, 9.17) is 5.11 Å². The molecule has 0 bridgehead atoms. The highest BCUT2D eigenvalue weighted by Gasteiger charge is 2.39. The molecule has 0 saturated heterocycles. The summed E-state index contributed by atoms with van der Waals surface area (Å²) in [5, 5.41) is 11.7. The summed E-state index contributed by atoms with van der Waals surface area (Å²) in [5.74, 6) is -0.870. The van der Waals surface area contributed by atoms with Crippen LogP contribution in [0.3, 0.4) is 0 Å². The van der Waals surface area contributed by atoms with E-state index in [1.54, 1.807) is 18.5 Å². The van der Waals surface area contributed by atoms with E-state index in [2.05, 4.69) is 10.3 Å². The lowest BCUT2D eigenvalue weighted by Gasteiger charge is -2.40. The highest BCUT2D eigenvalue weighted by Crippen LogP contribution is 2.43. The van der Waals surface area contributed by atoms with Gasteiger partial charge in [0.2, 0.25) is 5.91 Å². The molecule has 5 heteroatoms. The zero-order chi connectivity index (χ0) is 13.7. The number of carboxylic acid groups (broad SMARTS) is 1. The van der Waals surface area contributed by atoms with Gasteiger partial charge in [0.05, 0.1) is 12.8 Å². The van der Waals surface area contributed by atoms with E-state index in [9.17, 15) is 9.59 Å². The van der Waals surface area contributed by atoms with Crippen LogP contribution in [0.1, 0.15) is 31.2 Å². The van der Waals surface area contributed by atoms with E-state index in [0.29, 0.717) is 6.54 Å². The summed E-state index contributed by atoms with van der Waals surface area (Å²) >= 11 is 0. The predicted molar refractivity (Wildman–Crippen MR) is 69.5 cm³/mol. The van der Waals surface area contributed by atoms with E-state index in [-0.39, 0.29) is 24.2 Å². The number of carbonyl (C=O) groups is 2. The van der Waals surface area contributed by atoms with Gasteiger partial charge in [0.1, 0.15) is 0 Å². The average Bonchev–Trinajstić information content (AvgIpc) is 2.33. The maximum absolute atomic E-state index is 11.8. The normalized spacial score (nSPS) is 16.4. The lowest BCUT2D eigenvalue weighted by atomic mass is 9.66. The molecular weight excluding hydrogens is 244 g/mol. The van der Waals surface area contributed by atoms with Crippen LogP contribution in [0.5, 0.6) is 0 Å². The molecule has 0 radical (unpaired) electrons. The minimum absolute atomic E-state index is 0.0790. The molecule has 19 heavy (non-hydrogen) atoms. The lowest BCUT2D eigenvalue weighted by molar-refractivity contribution is -0.141. The number of hydrogen-bond acceptors (Lipinski definition) is 3. The Morgan fingerprint density at radius 1 is 1.42 bits per heavy atom. The molecular formula is C14H18N2O3. The fraction of sp³-hybridized carbons (Fsp3) is 0.500. The van der Waals surface area contributed by atoms with Crippen molar-refractivity contribution < 1.29 is 14.7 Å². The van der Waals surface area contributed by atoms with Crippen LogP contribution in [-0.4, -0.2) is 28.5 Å². The molecule has 1 amide bonds. The maximum atomic E-state index is 11.8. The van der Waals surface area contributed by atoms with Gasteiger partial charge in [-0.15, -0.1) is 0 Å². The monoisotopic (exact) mass is 262 g/mol. The molecule has 2 rings (SSSR count). The molecule has 1 aliphatic carbocycles. The first-order chi connectivity index (χ1) is 9.10. The molecule has 102 valence electrons. The van der Waals surface area contributed by atoms with E-state index in [1.807, 2.05) is 6.07 Å². The molecule has 1 aromatic rings. The van der Waals surface area contributed by atoms with Gasteiger partial charge in [-0.25, -0.2) is 0 Å². The molecule has 5 nitrogen and oxygen atoms in total. The van der Waals surface area contributed by atoms with Gasteiger partial charge in [-0.05, 0) is 29.9 Å². The molecule has 2 N–H and O–H groups in total. The Kier molecular flexibility index (Phi) is 4.14. The van der Waals surface area contributed by atoms with Crippen LogP contribution >= 0.6 is 0 Å². The van der Waals surface area contributed by atoms with Gasteiger partial charge in [-0.3, -0.25) is 14.6 Å². The number of nitrogens with zero attached hydrogens (tertiary/aromatic N) is 1. The average molecular weight is 262 g/mol. The number of pyridine rings is 1. The highest BCUT2D eigenvalue weighted by molar-refractivity contribution is 5.78. The summed E-state index contributed by atoms with van der Waals surface area (Å²) in [5.41, 5.74) is 0.636. The summed E-state index contributed by atoms with van der Waals surface area (Å²) in [4.78, 5) is 26.6. The summed E-state index contributed by atoms with van der Waals surface area (Å²) in [7, 11) is 0. The number of rotatable bonds is 6. The van der Waals surface area contributed by atoms with Crippen molar-refractivity contribution in [2.24, 2.45) is 5.41 Å². The molecule has 1 aromatic heterocycles. The highest BCUT2D eigenvalue weighted by atomic mass is 16.4. The van der Waals surface area contributed by atoms with Crippen molar-refractivity contribution in [3.05, 3.63) is 30.1 Å². The Bertz CT molecular complexity index is 455. The van der Waals surface area contributed by atoms with Crippen molar-refractivity contribution in [1.82, 2.24) is 10.3 Å². The smallest absolute Gasteiger partial charge is 0.303 e. The number of carboxylic acids is 1. The summed E-state index contributed by atoms with van der Waals surface area (Å²) in [6.07, 6.45) is 6.56. The van der Waals surface area contributed by atoms with Crippen molar-refractivity contribution >= 4 is 11.9 Å². The van der Waals surface area contributed by atoms with Gasteiger partial charge in [0.25, 0.3) is 0 Å². The van der Waals surface area contributed by atoms with Crippen LogP contribution in [0.2, 0.25) is 0 Å². The lowest BCUT2D eigenvalue weighted by Crippen LogP contribution is -2.43. The van der Waals surface area contributed by atoms with Crippen molar-refractivity contribution in [3.63, 3.8) is 0 Å². The van der Waals surface area contributed by atoms with Crippen LogP contribution in [0.15, 0.2) is 24.5 Å². The summed E-state index contributed by atoms with van der Waals surface area (Å²) < 4.78 is 0. The quantitative estimate of drug-likeness (QED) is 0.812. The molecule has 1 fully saturated rings. The molecule has 0 unspecified atom stereocenters. The molecule has 1 aliphatic rings. The van der Waals surface area contributed by atoms with Gasteiger partial charge in [0.15, 0.2) is 0 Å². The molecule has 0 spiro atoms. The fourth-order valence-electron chi connectivity index (χ4n) is 2.45. The third-order valence-corrected chi connectivity index (χ3v) is 3.69. The van der Waals surface area contributed by atoms with Crippen molar-refractivity contribution in [1.29, 1.82) is 0 Å². The second-order valence-corrected chi connectivity index (χ2v) is 5.24. The fourth-order valence-corrected chi connectivity index (χ4v) is 2.45. The van der Waals surface area contributed by atoms with E-state index in [1.165, 1.54) is 0 Å². The molecule has 0 aromatic carbocycles. The van der Waals surface area contributed by atoms with Crippen LogP contribution in [-0.2, 0) is 16.0 Å². The second kappa shape index (κ2) is 5.82. The number of aromatic nitrogens is 1. The Morgan fingerprint density at radius 3 is 2.74 bits per heavy atom. The number of hydrogen-bond donors (Lipinski definition) is 2. The molecule has 0 aliphatic heterocycles. The van der Waals surface area contributed by atoms with E-state index >= 15 is 0 Å². The van der Waals surface area contributed by atoms with Gasteiger partial charge in [0, 0.05) is 18.9 Å². The van der Waals surface area contributed by atoms with Gasteiger partial charge >= 0.3 is 5.97 Å². The van der Waals surface area contributed by atoms with Crippen LogP contribution in [0.25, 0.3) is 0 Å². The summed E-state index contributed by atoms with van der Waals surface area (Å²) in [6.45, 7) is 0.457. The van der Waals surface area contributed by atoms with Crippen LogP contribution in [0.4, 0.5) is 0 Å². The topological polar surface area (TPSA) is 79.3 Å². The molecule has 0 atom stereocenters. The standard InChI is InChI=1S/C14H18N2O3/c17-12(7-11-3-1-6-15-9-11)16-10-14(4-2-5-14)8-13(18)19/h1,3,6,9H,2,4-5,7-8,10H2,(H,16,17)(H,18,19). The Labute approximate surface area is 112 Å². The van der Waals surface area contributed by atoms with Gasteiger partial charge in [-0.2, -0.15) is 0 Å².